The highest BCUT2D eigenvalue weighted by atomic mass is 35.5. The van der Waals surface area contributed by atoms with Gasteiger partial charge >= 0.3 is 6.08 Å². The minimum absolute atomic E-state index is 0.0820. The highest BCUT2D eigenvalue weighted by Crippen LogP contribution is 2.21. The lowest BCUT2D eigenvalue weighted by Gasteiger charge is -2.04. The zero-order valence-electron chi connectivity index (χ0n) is 11.8. The third kappa shape index (κ3) is 3.84. The van der Waals surface area contributed by atoms with Crippen LogP contribution in [-0.2, 0) is 13.0 Å². The summed E-state index contributed by atoms with van der Waals surface area (Å²) in [6.45, 7) is -0.121. The summed E-state index contributed by atoms with van der Waals surface area (Å²) in [5.74, 6) is -0.401. The van der Waals surface area contributed by atoms with E-state index in [1.165, 1.54) is 24.3 Å². The van der Waals surface area contributed by atoms with Crippen LogP contribution in [0, 0.1) is 11.6 Å². The second kappa shape index (κ2) is 6.75. The number of benzene rings is 2. The van der Waals surface area contributed by atoms with E-state index in [1.807, 2.05) is 0 Å². The van der Waals surface area contributed by atoms with Crippen molar-refractivity contribution >= 4 is 11.6 Å². The SMILES string of the molecule is Fc1ccc(Cc2noc(OCc3c(F)cccc3Cl)n2)cc1. The Morgan fingerprint density at radius 2 is 1.87 bits per heavy atom. The van der Waals surface area contributed by atoms with Gasteiger partial charge in [0.15, 0.2) is 5.82 Å². The van der Waals surface area contributed by atoms with Crippen LogP contribution in [0.15, 0.2) is 47.0 Å². The Balaban J connectivity index is 1.64. The Labute approximate surface area is 135 Å². The van der Waals surface area contributed by atoms with Crippen molar-refractivity contribution in [1.82, 2.24) is 10.1 Å². The number of rotatable bonds is 5. The van der Waals surface area contributed by atoms with Crippen molar-refractivity contribution in [1.29, 1.82) is 0 Å². The van der Waals surface area contributed by atoms with Crippen molar-refractivity contribution in [2.75, 3.05) is 0 Å². The van der Waals surface area contributed by atoms with E-state index in [1.54, 1.807) is 18.2 Å². The molecular weight excluding hydrogens is 326 g/mol. The van der Waals surface area contributed by atoms with E-state index >= 15 is 0 Å². The molecule has 1 aromatic heterocycles. The zero-order chi connectivity index (χ0) is 16.2. The molecule has 1 heterocycles. The van der Waals surface area contributed by atoms with Crippen LogP contribution in [0.1, 0.15) is 17.0 Å². The smallest absolute Gasteiger partial charge is 0.417 e. The van der Waals surface area contributed by atoms with Crippen LogP contribution < -0.4 is 4.74 Å². The van der Waals surface area contributed by atoms with Crippen molar-refractivity contribution in [2.24, 2.45) is 0 Å². The Morgan fingerprint density at radius 1 is 1.09 bits per heavy atom. The summed E-state index contributed by atoms with van der Waals surface area (Å²) < 4.78 is 36.7. The second-order valence-electron chi connectivity index (χ2n) is 4.77. The number of ether oxygens (including phenoxy) is 1. The molecule has 23 heavy (non-hydrogen) atoms. The maximum Gasteiger partial charge on any atom is 0.417 e. The normalized spacial score (nSPS) is 10.7. The highest BCUT2D eigenvalue weighted by Gasteiger charge is 2.12. The molecule has 0 amide bonds. The summed E-state index contributed by atoms with van der Waals surface area (Å²) in [7, 11) is 0. The molecule has 0 radical (unpaired) electrons. The number of halogens is 3. The second-order valence-corrected chi connectivity index (χ2v) is 5.18. The van der Waals surface area contributed by atoms with E-state index < -0.39 is 5.82 Å². The summed E-state index contributed by atoms with van der Waals surface area (Å²) in [4.78, 5) is 4.04. The van der Waals surface area contributed by atoms with Gasteiger partial charge in [-0.3, -0.25) is 4.52 Å². The van der Waals surface area contributed by atoms with Gasteiger partial charge in [0, 0.05) is 12.0 Å². The van der Waals surface area contributed by atoms with E-state index in [-0.39, 0.29) is 29.1 Å². The first-order chi connectivity index (χ1) is 11.1. The first kappa shape index (κ1) is 15.4. The van der Waals surface area contributed by atoms with Crippen molar-refractivity contribution < 1.29 is 18.0 Å². The molecule has 0 aliphatic carbocycles. The van der Waals surface area contributed by atoms with Gasteiger partial charge in [-0.15, -0.1) is 0 Å². The molecule has 0 aliphatic rings. The molecule has 0 aliphatic heterocycles. The van der Waals surface area contributed by atoms with Gasteiger partial charge in [-0.1, -0.05) is 35.0 Å². The van der Waals surface area contributed by atoms with Crippen LogP contribution in [0.25, 0.3) is 0 Å². The molecule has 4 nitrogen and oxygen atoms in total. The Kier molecular flexibility index (Phi) is 4.52. The van der Waals surface area contributed by atoms with Crippen molar-refractivity contribution in [2.45, 2.75) is 13.0 Å². The molecule has 3 rings (SSSR count). The molecule has 7 heteroatoms. The Bertz CT molecular complexity index is 786. The maximum atomic E-state index is 13.6. The lowest BCUT2D eigenvalue weighted by atomic mass is 10.1. The molecule has 0 saturated heterocycles. The van der Waals surface area contributed by atoms with Gasteiger partial charge in [0.1, 0.15) is 18.2 Å². The molecule has 0 N–H and O–H groups in total. The van der Waals surface area contributed by atoms with Gasteiger partial charge in [0.25, 0.3) is 0 Å². The highest BCUT2D eigenvalue weighted by molar-refractivity contribution is 6.31. The first-order valence-electron chi connectivity index (χ1n) is 6.74. The Morgan fingerprint density at radius 3 is 2.61 bits per heavy atom. The molecule has 0 bridgehead atoms. The number of nitrogens with zero attached hydrogens (tertiary/aromatic N) is 2. The fourth-order valence-electron chi connectivity index (χ4n) is 1.96. The summed E-state index contributed by atoms with van der Waals surface area (Å²) in [5.41, 5.74) is 1.04. The average molecular weight is 337 g/mol. The zero-order valence-corrected chi connectivity index (χ0v) is 12.6. The van der Waals surface area contributed by atoms with Gasteiger partial charge < -0.3 is 4.74 Å². The Hall–Kier alpha value is -2.47. The third-order valence-corrected chi connectivity index (χ3v) is 3.48. The molecule has 2 aromatic carbocycles. The molecule has 0 unspecified atom stereocenters. The fraction of sp³-hybridized carbons (Fsp3) is 0.125. The van der Waals surface area contributed by atoms with E-state index in [0.29, 0.717) is 12.2 Å². The minimum atomic E-state index is -0.469. The summed E-state index contributed by atoms with van der Waals surface area (Å²) >= 11 is 5.90. The van der Waals surface area contributed by atoms with Crippen molar-refractivity contribution in [3.05, 3.63) is 76.1 Å². The number of aromatic nitrogens is 2. The monoisotopic (exact) mass is 336 g/mol. The lowest BCUT2D eigenvalue weighted by molar-refractivity contribution is 0.192. The lowest BCUT2D eigenvalue weighted by Crippen LogP contribution is -2.00. The number of hydrogen-bond donors (Lipinski definition) is 0. The van der Waals surface area contributed by atoms with Gasteiger partial charge in [-0.2, -0.15) is 4.98 Å². The molecule has 0 atom stereocenters. The van der Waals surface area contributed by atoms with Gasteiger partial charge in [0.05, 0.1) is 5.02 Å². The summed E-state index contributed by atoms with van der Waals surface area (Å²) in [6, 6.07) is 10.3. The van der Waals surface area contributed by atoms with E-state index in [0.717, 1.165) is 5.56 Å². The molecule has 0 saturated carbocycles. The minimum Gasteiger partial charge on any atom is -0.444 e. The number of hydrogen-bond acceptors (Lipinski definition) is 4. The van der Waals surface area contributed by atoms with Gasteiger partial charge in [-0.25, -0.2) is 8.78 Å². The topological polar surface area (TPSA) is 48.2 Å². The average Bonchev–Trinajstić information content (AvgIpc) is 2.97. The molecule has 3 aromatic rings. The third-order valence-electron chi connectivity index (χ3n) is 3.13. The van der Waals surface area contributed by atoms with Crippen molar-refractivity contribution in [3.63, 3.8) is 0 Å². The fourth-order valence-corrected chi connectivity index (χ4v) is 2.17. The molecular formula is C16H11ClF2N2O2. The van der Waals surface area contributed by atoms with E-state index in [4.69, 9.17) is 20.9 Å². The van der Waals surface area contributed by atoms with Crippen LogP contribution >= 0.6 is 11.6 Å². The first-order valence-corrected chi connectivity index (χ1v) is 7.12. The maximum absolute atomic E-state index is 13.6. The molecule has 118 valence electrons. The van der Waals surface area contributed by atoms with Crippen LogP contribution in [0.5, 0.6) is 6.08 Å². The predicted octanol–water partition coefficient (Wildman–Crippen LogP) is 4.17. The quantitative estimate of drug-likeness (QED) is 0.701. The van der Waals surface area contributed by atoms with Crippen LogP contribution in [0.3, 0.4) is 0 Å². The molecule has 0 fully saturated rings. The summed E-state index contributed by atoms with van der Waals surface area (Å²) in [6.07, 6.45) is 0.287. The van der Waals surface area contributed by atoms with Crippen molar-refractivity contribution in [3.8, 4) is 6.08 Å². The summed E-state index contributed by atoms with van der Waals surface area (Å²) in [5, 5.41) is 4.02. The van der Waals surface area contributed by atoms with Crippen LogP contribution in [-0.4, -0.2) is 10.1 Å². The molecule has 0 spiro atoms. The van der Waals surface area contributed by atoms with Gasteiger partial charge in [0.2, 0.25) is 0 Å². The predicted molar refractivity (Wildman–Crippen MR) is 79.2 cm³/mol. The largest absolute Gasteiger partial charge is 0.444 e. The van der Waals surface area contributed by atoms with Gasteiger partial charge in [-0.05, 0) is 29.8 Å². The van der Waals surface area contributed by atoms with Crippen LogP contribution in [0.2, 0.25) is 5.02 Å². The van der Waals surface area contributed by atoms with E-state index in [9.17, 15) is 8.78 Å². The van der Waals surface area contributed by atoms with E-state index in [2.05, 4.69) is 10.1 Å². The van der Waals surface area contributed by atoms with Crippen LogP contribution in [0.4, 0.5) is 8.78 Å². The standard InChI is InChI=1S/C16H11ClF2N2O2/c17-13-2-1-3-14(19)12(13)9-22-16-20-15(21-23-16)8-10-4-6-11(18)7-5-10/h1-7H,8-9H2.